The minimum atomic E-state index is -0.690. The van der Waals surface area contributed by atoms with E-state index in [1.807, 2.05) is 32.0 Å². The maximum Gasteiger partial charge on any atom is 0.124 e. The van der Waals surface area contributed by atoms with Crippen LogP contribution in [0.5, 0.6) is 5.75 Å². The molecule has 5 heteroatoms. The van der Waals surface area contributed by atoms with Gasteiger partial charge in [-0.25, -0.2) is 0 Å². The number of aliphatic hydroxyl groups is 1. The molecule has 4 nitrogen and oxygen atoms in total. The van der Waals surface area contributed by atoms with Gasteiger partial charge >= 0.3 is 0 Å². The van der Waals surface area contributed by atoms with Gasteiger partial charge in [-0.3, -0.25) is 4.68 Å². The van der Waals surface area contributed by atoms with Crippen LogP contribution < -0.4 is 4.74 Å². The minimum Gasteiger partial charge on any atom is -0.496 e. The molecule has 102 valence electrons. The van der Waals surface area contributed by atoms with Gasteiger partial charge in [-0.2, -0.15) is 5.10 Å². The highest BCUT2D eigenvalue weighted by Gasteiger charge is 2.16. The van der Waals surface area contributed by atoms with Crippen LogP contribution in [0.15, 0.2) is 24.4 Å². The van der Waals surface area contributed by atoms with Crippen LogP contribution in [0.1, 0.15) is 22.9 Å². The van der Waals surface area contributed by atoms with Gasteiger partial charge in [0.15, 0.2) is 0 Å². The number of benzene rings is 1. The van der Waals surface area contributed by atoms with Crippen LogP contribution in [0.25, 0.3) is 0 Å². The van der Waals surface area contributed by atoms with Gasteiger partial charge in [0, 0.05) is 5.56 Å². The molecule has 0 spiro atoms. The number of halogens is 1. The van der Waals surface area contributed by atoms with Crippen molar-refractivity contribution < 1.29 is 9.84 Å². The fourth-order valence-corrected chi connectivity index (χ4v) is 2.13. The maximum atomic E-state index is 10.4. The third kappa shape index (κ3) is 2.91. The molecule has 0 fully saturated rings. The van der Waals surface area contributed by atoms with E-state index in [0.717, 1.165) is 16.8 Å². The molecule has 2 rings (SSSR count). The highest BCUT2D eigenvalue weighted by molar-refractivity contribution is 6.31. The Bertz CT molecular complexity index is 581. The molecule has 1 aromatic heterocycles. The Morgan fingerprint density at radius 1 is 1.42 bits per heavy atom. The first kappa shape index (κ1) is 13.9. The molecule has 0 bridgehead atoms. The summed E-state index contributed by atoms with van der Waals surface area (Å²) in [6.07, 6.45) is 0.890. The SMILES string of the molecule is COc1ccc(C)cc1C(O)Cn1ncc(Cl)c1C. The van der Waals surface area contributed by atoms with Crippen molar-refractivity contribution in [1.82, 2.24) is 9.78 Å². The van der Waals surface area contributed by atoms with Gasteiger partial charge < -0.3 is 9.84 Å². The number of hydrogen-bond acceptors (Lipinski definition) is 3. The molecular formula is C14H17ClN2O2. The molecule has 0 saturated carbocycles. The van der Waals surface area contributed by atoms with Crippen molar-refractivity contribution in [3.05, 3.63) is 46.2 Å². The monoisotopic (exact) mass is 280 g/mol. The van der Waals surface area contributed by atoms with E-state index >= 15 is 0 Å². The van der Waals surface area contributed by atoms with Gasteiger partial charge in [0.25, 0.3) is 0 Å². The molecule has 0 amide bonds. The van der Waals surface area contributed by atoms with E-state index in [9.17, 15) is 5.11 Å². The van der Waals surface area contributed by atoms with Gasteiger partial charge in [-0.15, -0.1) is 0 Å². The maximum absolute atomic E-state index is 10.4. The van der Waals surface area contributed by atoms with Crippen LogP contribution in [-0.2, 0) is 6.54 Å². The lowest BCUT2D eigenvalue weighted by Gasteiger charge is -2.16. The van der Waals surface area contributed by atoms with E-state index in [-0.39, 0.29) is 0 Å². The number of ether oxygens (including phenoxy) is 1. The average Bonchev–Trinajstić information content (AvgIpc) is 2.70. The molecule has 0 aliphatic heterocycles. The number of aliphatic hydroxyl groups excluding tert-OH is 1. The van der Waals surface area contributed by atoms with Crippen LogP contribution in [0.4, 0.5) is 0 Å². The lowest BCUT2D eigenvalue weighted by molar-refractivity contribution is 0.147. The van der Waals surface area contributed by atoms with Crippen molar-refractivity contribution in [2.24, 2.45) is 0 Å². The van der Waals surface area contributed by atoms with E-state index < -0.39 is 6.10 Å². The molecule has 1 atom stereocenters. The van der Waals surface area contributed by atoms with Crippen molar-refractivity contribution in [2.75, 3.05) is 7.11 Å². The lowest BCUT2D eigenvalue weighted by atomic mass is 10.1. The van der Waals surface area contributed by atoms with Crippen molar-refractivity contribution in [3.8, 4) is 5.75 Å². The Hall–Kier alpha value is -1.52. The van der Waals surface area contributed by atoms with Crippen molar-refractivity contribution in [2.45, 2.75) is 26.5 Å². The smallest absolute Gasteiger partial charge is 0.124 e. The Morgan fingerprint density at radius 2 is 2.16 bits per heavy atom. The second-order valence-electron chi connectivity index (χ2n) is 4.52. The first-order chi connectivity index (χ1) is 9.02. The summed E-state index contributed by atoms with van der Waals surface area (Å²) < 4.78 is 6.97. The van der Waals surface area contributed by atoms with Gasteiger partial charge in [0.2, 0.25) is 0 Å². The molecular weight excluding hydrogens is 264 g/mol. The zero-order chi connectivity index (χ0) is 14.0. The first-order valence-electron chi connectivity index (χ1n) is 6.03. The zero-order valence-electron chi connectivity index (χ0n) is 11.2. The normalized spacial score (nSPS) is 12.5. The van der Waals surface area contributed by atoms with Crippen molar-refractivity contribution >= 4 is 11.6 Å². The molecule has 1 heterocycles. The predicted molar refractivity (Wildman–Crippen MR) is 74.7 cm³/mol. The van der Waals surface area contributed by atoms with Crippen LogP contribution in [0, 0.1) is 13.8 Å². The Labute approximate surface area is 117 Å². The first-order valence-corrected chi connectivity index (χ1v) is 6.41. The topological polar surface area (TPSA) is 47.3 Å². The molecule has 0 radical (unpaired) electrons. The van der Waals surface area contributed by atoms with Crippen LogP contribution in [-0.4, -0.2) is 22.0 Å². The predicted octanol–water partition coefficient (Wildman–Crippen LogP) is 2.90. The summed E-state index contributed by atoms with van der Waals surface area (Å²) in [5, 5.41) is 15.1. The summed E-state index contributed by atoms with van der Waals surface area (Å²) in [5.74, 6) is 0.675. The average molecular weight is 281 g/mol. The quantitative estimate of drug-likeness (QED) is 0.937. The van der Waals surface area contributed by atoms with Crippen LogP contribution >= 0.6 is 11.6 Å². The summed E-state index contributed by atoms with van der Waals surface area (Å²) in [6, 6.07) is 5.73. The number of aryl methyl sites for hydroxylation is 1. The molecule has 1 N–H and O–H groups in total. The number of rotatable bonds is 4. The summed E-state index contributed by atoms with van der Waals surface area (Å²) in [6.45, 7) is 4.19. The van der Waals surface area contributed by atoms with Gasteiger partial charge in [-0.05, 0) is 26.0 Å². The second kappa shape index (κ2) is 5.63. The standard InChI is InChI=1S/C14H17ClN2O2/c1-9-4-5-14(19-3)11(6-9)13(18)8-17-10(2)12(15)7-16-17/h4-7,13,18H,8H2,1-3H3. The molecule has 0 aliphatic carbocycles. The van der Waals surface area contributed by atoms with E-state index in [1.165, 1.54) is 0 Å². The number of methoxy groups -OCH3 is 1. The summed E-state index contributed by atoms with van der Waals surface area (Å²) in [4.78, 5) is 0. The van der Waals surface area contributed by atoms with Gasteiger partial charge in [0.05, 0.1) is 30.6 Å². The fraction of sp³-hybridized carbons (Fsp3) is 0.357. The third-order valence-electron chi connectivity index (χ3n) is 3.13. The minimum absolute atomic E-state index is 0.346. The number of nitrogens with zero attached hydrogens (tertiary/aromatic N) is 2. The van der Waals surface area contributed by atoms with E-state index in [4.69, 9.17) is 16.3 Å². The van der Waals surface area contributed by atoms with E-state index in [2.05, 4.69) is 5.10 Å². The highest BCUT2D eigenvalue weighted by atomic mass is 35.5. The Morgan fingerprint density at radius 3 is 2.74 bits per heavy atom. The third-order valence-corrected chi connectivity index (χ3v) is 3.50. The molecule has 19 heavy (non-hydrogen) atoms. The zero-order valence-corrected chi connectivity index (χ0v) is 12.0. The summed E-state index contributed by atoms with van der Waals surface area (Å²) >= 11 is 5.95. The van der Waals surface area contributed by atoms with Crippen molar-refractivity contribution in [1.29, 1.82) is 0 Å². The van der Waals surface area contributed by atoms with Crippen LogP contribution in [0.2, 0.25) is 5.02 Å². The second-order valence-corrected chi connectivity index (χ2v) is 4.93. The molecule has 0 saturated heterocycles. The largest absolute Gasteiger partial charge is 0.496 e. The van der Waals surface area contributed by atoms with Gasteiger partial charge in [0.1, 0.15) is 11.9 Å². The summed E-state index contributed by atoms with van der Waals surface area (Å²) in [7, 11) is 1.59. The van der Waals surface area contributed by atoms with Gasteiger partial charge in [-0.1, -0.05) is 23.2 Å². The molecule has 2 aromatic rings. The fourth-order valence-electron chi connectivity index (χ4n) is 1.98. The molecule has 0 aliphatic rings. The summed E-state index contributed by atoms with van der Waals surface area (Å²) in [5.41, 5.74) is 2.67. The molecule has 1 aromatic carbocycles. The molecule has 1 unspecified atom stereocenters. The highest BCUT2D eigenvalue weighted by Crippen LogP contribution is 2.28. The Balaban J connectivity index is 2.27. The van der Waals surface area contributed by atoms with Crippen molar-refractivity contribution in [3.63, 3.8) is 0 Å². The van der Waals surface area contributed by atoms with E-state index in [1.54, 1.807) is 18.0 Å². The lowest BCUT2D eigenvalue weighted by Crippen LogP contribution is -2.12. The van der Waals surface area contributed by atoms with E-state index in [0.29, 0.717) is 17.3 Å². The Kier molecular flexibility index (Phi) is 4.12. The van der Waals surface area contributed by atoms with Crippen LogP contribution in [0.3, 0.4) is 0 Å². The number of aromatic nitrogens is 2. The number of hydrogen-bond donors (Lipinski definition) is 1.